The van der Waals surface area contributed by atoms with Gasteiger partial charge in [0.05, 0.1) is 27.9 Å². The van der Waals surface area contributed by atoms with E-state index in [0.29, 0.717) is 22.3 Å². The van der Waals surface area contributed by atoms with Gasteiger partial charge in [-0.15, -0.1) is 11.8 Å². The van der Waals surface area contributed by atoms with Crippen molar-refractivity contribution >= 4 is 45.0 Å². The maximum Gasteiger partial charge on any atom is 0.259 e. The minimum Gasteiger partial charge on any atom is -0.445 e. The Morgan fingerprint density at radius 3 is 3.04 bits per heavy atom. The van der Waals surface area contributed by atoms with Crippen molar-refractivity contribution < 1.29 is 9.21 Å². The van der Waals surface area contributed by atoms with E-state index in [0.717, 1.165) is 27.3 Å². The molecule has 0 spiro atoms. The molecule has 3 heterocycles. The van der Waals surface area contributed by atoms with Crippen LogP contribution in [0.4, 0.5) is 5.13 Å². The number of benzene rings is 1. The monoisotopic (exact) mass is 384 g/mol. The van der Waals surface area contributed by atoms with E-state index in [1.165, 1.54) is 11.3 Å². The number of amides is 1. The molecule has 0 saturated heterocycles. The number of oxazole rings is 1. The molecule has 1 aromatic carbocycles. The predicted octanol–water partition coefficient (Wildman–Crippen LogP) is 4.72. The number of carbonyl (C=O) groups is 1. The summed E-state index contributed by atoms with van der Waals surface area (Å²) in [4.78, 5) is 24.2. The molecule has 3 aromatic heterocycles. The lowest BCUT2D eigenvalue weighted by atomic mass is 10.2. The fraction of sp³-hybridized carbons (Fsp3) is 0.167. The fourth-order valence-corrected chi connectivity index (χ4v) is 4.24. The van der Waals surface area contributed by atoms with Crippen molar-refractivity contribution in [2.75, 3.05) is 5.32 Å². The molecule has 0 atom stereocenters. The molecular weight excluding hydrogens is 368 g/mol. The van der Waals surface area contributed by atoms with Crippen molar-refractivity contribution in [2.24, 2.45) is 0 Å². The van der Waals surface area contributed by atoms with Gasteiger partial charge in [0.15, 0.2) is 5.13 Å². The Bertz CT molecular complexity index is 1050. The summed E-state index contributed by atoms with van der Waals surface area (Å²) in [7, 11) is 0. The Labute approximate surface area is 158 Å². The smallest absolute Gasteiger partial charge is 0.259 e. The zero-order valence-corrected chi connectivity index (χ0v) is 15.6. The Morgan fingerprint density at radius 1 is 1.31 bits per heavy atom. The summed E-state index contributed by atoms with van der Waals surface area (Å²) in [5.74, 6) is 2.05. The molecule has 0 radical (unpaired) electrons. The zero-order valence-electron chi connectivity index (χ0n) is 14.0. The number of aromatic nitrogens is 3. The number of aryl methyl sites for hydroxylation is 1. The van der Waals surface area contributed by atoms with Gasteiger partial charge in [-0.05, 0) is 6.07 Å². The molecule has 4 aromatic rings. The van der Waals surface area contributed by atoms with Crippen LogP contribution in [0.3, 0.4) is 0 Å². The lowest BCUT2D eigenvalue weighted by Crippen LogP contribution is -2.10. The second-order valence-electron chi connectivity index (χ2n) is 5.55. The third-order valence-corrected chi connectivity index (χ3v) is 5.92. The van der Waals surface area contributed by atoms with Crippen LogP contribution in [0.2, 0.25) is 0 Å². The summed E-state index contributed by atoms with van der Waals surface area (Å²) >= 11 is 3.02. The van der Waals surface area contributed by atoms with E-state index >= 15 is 0 Å². The van der Waals surface area contributed by atoms with Crippen LogP contribution < -0.4 is 5.32 Å². The summed E-state index contributed by atoms with van der Waals surface area (Å²) < 4.78 is 6.59. The molecule has 0 unspecified atom stereocenters. The Hall–Kier alpha value is -2.58. The predicted molar refractivity (Wildman–Crippen MR) is 104 cm³/mol. The van der Waals surface area contributed by atoms with E-state index in [9.17, 15) is 4.79 Å². The van der Waals surface area contributed by atoms with Gasteiger partial charge < -0.3 is 9.40 Å². The summed E-state index contributed by atoms with van der Waals surface area (Å²) in [6, 6.07) is 7.71. The van der Waals surface area contributed by atoms with Crippen molar-refractivity contribution in [3.63, 3.8) is 0 Å². The topological polar surface area (TPSA) is 83.8 Å². The summed E-state index contributed by atoms with van der Waals surface area (Å²) in [5.41, 5.74) is 1.54. The van der Waals surface area contributed by atoms with Gasteiger partial charge >= 0.3 is 0 Å². The van der Waals surface area contributed by atoms with Gasteiger partial charge in [0, 0.05) is 23.5 Å². The number of thioether (sulfide) groups is 1. The lowest BCUT2D eigenvalue weighted by molar-refractivity contribution is 0.102. The minimum absolute atomic E-state index is 0.173. The number of anilines is 1. The van der Waals surface area contributed by atoms with E-state index in [2.05, 4.69) is 20.3 Å². The number of fused-ring (bicyclic) bond motifs is 1. The average Bonchev–Trinajstić information content (AvgIpc) is 3.39. The van der Waals surface area contributed by atoms with Crippen LogP contribution in [0.15, 0.2) is 51.5 Å². The number of hydrogen-bond acceptors (Lipinski definition) is 6. The lowest BCUT2D eigenvalue weighted by Gasteiger charge is -1.99. The van der Waals surface area contributed by atoms with Crippen LogP contribution in [0.5, 0.6) is 0 Å². The van der Waals surface area contributed by atoms with E-state index in [-0.39, 0.29) is 5.91 Å². The molecule has 26 heavy (non-hydrogen) atoms. The number of H-pyrrole nitrogens is 1. The fourth-order valence-electron chi connectivity index (χ4n) is 2.52. The first-order valence-electron chi connectivity index (χ1n) is 8.12. The quantitative estimate of drug-likeness (QED) is 0.470. The zero-order chi connectivity index (χ0) is 17.9. The molecule has 132 valence electrons. The number of carbonyl (C=O) groups excluding carboxylic acids is 1. The molecule has 6 nitrogen and oxygen atoms in total. The second kappa shape index (κ2) is 7.35. The van der Waals surface area contributed by atoms with Gasteiger partial charge in [-0.1, -0.05) is 36.5 Å². The molecule has 4 rings (SSSR count). The highest BCUT2D eigenvalue weighted by atomic mass is 32.2. The number of nitrogens with one attached hydrogen (secondary N) is 2. The van der Waals surface area contributed by atoms with E-state index < -0.39 is 0 Å². The van der Waals surface area contributed by atoms with Crippen molar-refractivity contribution in [2.45, 2.75) is 23.3 Å². The summed E-state index contributed by atoms with van der Waals surface area (Å²) in [6.07, 6.45) is 6.07. The molecule has 0 aliphatic carbocycles. The number of rotatable bonds is 6. The first-order valence-corrected chi connectivity index (χ1v) is 9.93. The van der Waals surface area contributed by atoms with Gasteiger partial charge in [0.1, 0.15) is 5.76 Å². The van der Waals surface area contributed by atoms with Gasteiger partial charge in [0.25, 0.3) is 5.91 Å². The third-order valence-electron chi connectivity index (χ3n) is 3.83. The molecule has 0 saturated carbocycles. The normalized spacial score (nSPS) is 11.1. The minimum atomic E-state index is -0.173. The molecular formula is C18H16N4O2S2. The molecule has 2 N–H and O–H groups in total. The van der Waals surface area contributed by atoms with Gasteiger partial charge in [-0.3, -0.25) is 10.1 Å². The van der Waals surface area contributed by atoms with Crippen LogP contribution in [0, 0.1) is 0 Å². The van der Waals surface area contributed by atoms with E-state index in [1.54, 1.807) is 30.4 Å². The van der Waals surface area contributed by atoms with Crippen molar-refractivity contribution in [1.29, 1.82) is 0 Å². The average molecular weight is 384 g/mol. The maximum atomic E-state index is 12.5. The van der Waals surface area contributed by atoms with Gasteiger partial charge in [-0.2, -0.15) is 0 Å². The molecule has 0 bridgehead atoms. The highest BCUT2D eigenvalue weighted by molar-refractivity contribution is 8.00. The first kappa shape index (κ1) is 16.9. The van der Waals surface area contributed by atoms with Crippen LogP contribution in [0.25, 0.3) is 10.9 Å². The SMILES string of the molecule is CCc1cnc(CSc2cnc(NC(=O)c3c[nH]c4ccccc34)s2)o1. The second-order valence-corrected chi connectivity index (χ2v) is 7.86. The van der Waals surface area contributed by atoms with Gasteiger partial charge in [-0.25, -0.2) is 9.97 Å². The molecule has 0 aliphatic rings. The van der Waals surface area contributed by atoms with Crippen LogP contribution in [-0.4, -0.2) is 20.9 Å². The van der Waals surface area contributed by atoms with Crippen LogP contribution in [0.1, 0.15) is 28.9 Å². The number of para-hydroxylation sites is 1. The molecule has 1 amide bonds. The Balaban J connectivity index is 1.40. The van der Waals surface area contributed by atoms with Crippen molar-refractivity contribution in [1.82, 2.24) is 15.0 Å². The van der Waals surface area contributed by atoms with Crippen molar-refractivity contribution in [3.8, 4) is 0 Å². The highest BCUT2D eigenvalue weighted by Gasteiger charge is 2.14. The third kappa shape index (κ3) is 3.51. The number of thiazole rings is 1. The maximum absolute atomic E-state index is 12.5. The number of nitrogens with zero attached hydrogens (tertiary/aromatic N) is 2. The van der Waals surface area contributed by atoms with E-state index in [4.69, 9.17) is 4.42 Å². The molecule has 0 fully saturated rings. The highest BCUT2D eigenvalue weighted by Crippen LogP contribution is 2.31. The first-order chi connectivity index (χ1) is 12.7. The summed E-state index contributed by atoms with van der Waals surface area (Å²) in [5, 5.41) is 4.33. The Kier molecular flexibility index (Phi) is 4.77. The standard InChI is InChI=1S/C18H16N4O2S2/c1-2-11-7-20-15(24-11)10-25-16-9-21-18(26-16)22-17(23)13-8-19-14-6-4-3-5-12(13)14/h3-9,19H,2,10H2,1H3,(H,21,22,23). The Morgan fingerprint density at radius 2 is 2.19 bits per heavy atom. The van der Waals surface area contributed by atoms with Crippen molar-refractivity contribution in [3.05, 3.63) is 60.1 Å². The van der Waals surface area contributed by atoms with Crippen LogP contribution >= 0.6 is 23.1 Å². The van der Waals surface area contributed by atoms with Gasteiger partial charge in [0.2, 0.25) is 5.89 Å². The molecule has 8 heteroatoms. The summed E-state index contributed by atoms with van der Waals surface area (Å²) in [6.45, 7) is 2.03. The number of hydrogen-bond donors (Lipinski definition) is 2. The largest absolute Gasteiger partial charge is 0.445 e. The van der Waals surface area contributed by atoms with E-state index in [1.807, 2.05) is 31.2 Å². The van der Waals surface area contributed by atoms with Crippen LogP contribution in [-0.2, 0) is 12.2 Å². The number of aromatic amines is 1. The molecule has 0 aliphatic heterocycles.